The van der Waals surface area contributed by atoms with Gasteiger partial charge in [-0.2, -0.15) is 0 Å². The molecule has 0 spiro atoms. The van der Waals surface area contributed by atoms with E-state index in [4.69, 9.17) is 0 Å². The third-order valence-electron chi connectivity index (χ3n) is 5.27. The van der Waals surface area contributed by atoms with Crippen LogP contribution in [-0.2, 0) is 30.7 Å². The van der Waals surface area contributed by atoms with Gasteiger partial charge in [-0.15, -0.1) is 0 Å². The maximum absolute atomic E-state index is 12.8. The van der Waals surface area contributed by atoms with Crippen molar-refractivity contribution in [2.45, 2.75) is 45.7 Å². The van der Waals surface area contributed by atoms with E-state index in [2.05, 4.69) is 11.4 Å². The van der Waals surface area contributed by atoms with Crippen molar-refractivity contribution in [3.8, 4) is 0 Å². The Kier molecular flexibility index (Phi) is 4.04. The monoisotopic (exact) mass is 334 g/mol. The van der Waals surface area contributed by atoms with Gasteiger partial charge in [0.1, 0.15) is 0 Å². The molecule has 4 heteroatoms. The molecule has 1 aliphatic heterocycles. The summed E-state index contributed by atoms with van der Waals surface area (Å²) in [5.41, 5.74) is 6.37. The number of hydrogen-bond acceptors (Lipinski definition) is 2. The number of carbonyl (C=O) groups is 2. The first-order valence-corrected chi connectivity index (χ1v) is 8.91. The molecule has 2 aromatic carbocycles. The molecule has 25 heavy (non-hydrogen) atoms. The normalized spacial score (nSPS) is 15.5. The Morgan fingerprint density at radius 2 is 1.76 bits per heavy atom. The Morgan fingerprint density at radius 3 is 2.60 bits per heavy atom. The van der Waals surface area contributed by atoms with E-state index in [0.717, 1.165) is 41.6 Å². The van der Waals surface area contributed by atoms with Crippen LogP contribution >= 0.6 is 0 Å². The second-order valence-corrected chi connectivity index (χ2v) is 6.96. The van der Waals surface area contributed by atoms with Gasteiger partial charge in [0.15, 0.2) is 0 Å². The van der Waals surface area contributed by atoms with Gasteiger partial charge in [-0.05, 0) is 66.1 Å². The summed E-state index contributed by atoms with van der Waals surface area (Å²) in [6.07, 6.45) is 4.40. The fourth-order valence-electron chi connectivity index (χ4n) is 3.89. The summed E-state index contributed by atoms with van der Waals surface area (Å²) in [6.45, 7) is 2.87. The second kappa shape index (κ2) is 6.36. The van der Waals surface area contributed by atoms with E-state index in [0.29, 0.717) is 13.1 Å². The lowest BCUT2D eigenvalue weighted by atomic mass is 9.88. The molecule has 0 fully saturated rings. The zero-order valence-electron chi connectivity index (χ0n) is 14.5. The van der Waals surface area contributed by atoms with Gasteiger partial charge in [0.25, 0.3) is 5.91 Å². The molecule has 0 saturated heterocycles. The van der Waals surface area contributed by atoms with Crippen LogP contribution in [0, 0.1) is 0 Å². The molecule has 2 amide bonds. The van der Waals surface area contributed by atoms with Crippen LogP contribution in [0.1, 0.15) is 52.4 Å². The summed E-state index contributed by atoms with van der Waals surface area (Å²) in [5.74, 6) is 0.0396. The highest BCUT2D eigenvalue weighted by Gasteiger charge is 2.22. The van der Waals surface area contributed by atoms with Gasteiger partial charge in [-0.1, -0.05) is 18.2 Å². The van der Waals surface area contributed by atoms with E-state index in [-0.39, 0.29) is 11.8 Å². The molecule has 128 valence electrons. The minimum Gasteiger partial charge on any atom is -0.334 e. The number of amides is 2. The fraction of sp³-hybridized carbons (Fsp3) is 0.333. The molecule has 4 nitrogen and oxygen atoms in total. The van der Waals surface area contributed by atoms with Crippen molar-refractivity contribution in [3.05, 3.63) is 64.2 Å². The Hall–Kier alpha value is -2.62. The molecule has 0 bridgehead atoms. The molecule has 1 N–H and O–H groups in total. The zero-order chi connectivity index (χ0) is 17.4. The van der Waals surface area contributed by atoms with Crippen LogP contribution in [-0.4, -0.2) is 16.7 Å². The van der Waals surface area contributed by atoms with E-state index in [1.54, 1.807) is 6.92 Å². The topological polar surface area (TPSA) is 49.4 Å². The standard InChI is InChI=1S/C21H22N2O2/c1-14(24)23-12-16-9-10-18(11-17(16)13-23)22-21(25)20-8-4-6-15-5-2-3-7-19(15)20/h4,6,8-11H,2-3,5,7,12-13H2,1H3,(H,22,25). The van der Waals surface area contributed by atoms with Gasteiger partial charge in [0.2, 0.25) is 5.91 Å². The van der Waals surface area contributed by atoms with Crippen molar-refractivity contribution in [2.24, 2.45) is 0 Å². The van der Waals surface area contributed by atoms with E-state index in [9.17, 15) is 9.59 Å². The first kappa shape index (κ1) is 15.9. The van der Waals surface area contributed by atoms with Crippen molar-refractivity contribution in [2.75, 3.05) is 5.32 Å². The quantitative estimate of drug-likeness (QED) is 0.911. The number of nitrogens with zero attached hydrogens (tertiary/aromatic N) is 1. The Bertz CT molecular complexity index is 857. The highest BCUT2D eigenvalue weighted by atomic mass is 16.2. The second-order valence-electron chi connectivity index (χ2n) is 6.96. The molecular formula is C21H22N2O2. The number of hydrogen-bond donors (Lipinski definition) is 1. The lowest BCUT2D eigenvalue weighted by Crippen LogP contribution is -2.21. The van der Waals surface area contributed by atoms with Gasteiger partial charge < -0.3 is 10.2 Å². The number of anilines is 1. The van der Waals surface area contributed by atoms with Crippen molar-refractivity contribution in [3.63, 3.8) is 0 Å². The van der Waals surface area contributed by atoms with Crippen molar-refractivity contribution in [1.82, 2.24) is 4.90 Å². The van der Waals surface area contributed by atoms with Gasteiger partial charge in [0.05, 0.1) is 0 Å². The van der Waals surface area contributed by atoms with Crippen LogP contribution in [0.3, 0.4) is 0 Å². The number of fused-ring (bicyclic) bond motifs is 2. The molecule has 1 heterocycles. The van der Waals surface area contributed by atoms with Gasteiger partial charge in [-0.3, -0.25) is 9.59 Å². The number of nitrogens with one attached hydrogen (secondary N) is 1. The van der Waals surface area contributed by atoms with Crippen LogP contribution in [0.4, 0.5) is 5.69 Å². The molecule has 0 aromatic heterocycles. The van der Waals surface area contributed by atoms with Crippen molar-refractivity contribution in [1.29, 1.82) is 0 Å². The molecule has 2 aromatic rings. The predicted octanol–water partition coefficient (Wildman–Crippen LogP) is 3.68. The number of rotatable bonds is 2. The number of aryl methyl sites for hydroxylation is 1. The Balaban J connectivity index is 1.55. The summed E-state index contributed by atoms with van der Waals surface area (Å²) in [4.78, 5) is 26.1. The van der Waals surface area contributed by atoms with Gasteiger partial charge >= 0.3 is 0 Å². The first-order valence-electron chi connectivity index (χ1n) is 8.91. The number of carbonyl (C=O) groups excluding carboxylic acids is 2. The lowest BCUT2D eigenvalue weighted by molar-refractivity contribution is -0.129. The highest BCUT2D eigenvalue weighted by Crippen LogP contribution is 2.28. The number of benzene rings is 2. The van der Waals surface area contributed by atoms with Crippen LogP contribution in [0.5, 0.6) is 0 Å². The maximum atomic E-state index is 12.8. The third-order valence-corrected chi connectivity index (χ3v) is 5.27. The fourth-order valence-corrected chi connectivity index (χ4v) is 3.89. The Labute approximate surface area is 147 Å². The summed E-state index contributed by atoms with van der Waals surface area (Å²) in [6, 6.07) is 12.0. The van der Waals surface area contributed by atoms with Crippen molar-refractivity contribution < 1.29 is 9.59 Å². The molecule has 2 aliphatic rings. The zero-order valence-corrected chi connectivity index (χ0v) is 14.5. The summed E-state index contributed by atoms with van der Waals surface area (Å²) >= 11 is 0. The van der Waals surface area contributed by atoms with Gasteiger partial charge in [-0.25, -0.2) is 0 Å². The van der Waals surface area contributed by atoms with E-state index < -0.39 is 0 Å². The third kappa shape index (κ3) is 3.04. The molecule has 4 rings (SSSR count). The minimum absolute atomic E-state index is 0.0416. The molecular weight excluding hydrogens is 312 g/mol. The maximum Gasteiger partial charge on any atom is 0.255 e. The average Bonchev–Trinajstić information content (AvgIpc) is 3.05. The first-order chi connectivity index (χ1) is 12.1. The SMILES string of the molecule is CC(=O)N1Cc2ccc(NC(=O)c3cccc4c3CCCC4)cc2C1. The molecule has 0 saturated carbocycles. The smallest absolute Gasteiger partial charge is 0.255 e. The van der Waals surface area contributed by atoms with Crippen LogP contribution < -0.4 is 5.32 Å². The Morgan fingerprint density at radius 1 is 0.960 bits per heavy atom. The summed E-state index contributed by atoms with van der Waals surface area (Å²) in [5, 5.41) is 3.04. The molecule has 0 unspecified atom stereocenters. The highest BCUT2D eigenvalue weighted by molar-refractivity contribution is 6.05. The largest absolute Gasteiger partial charge is 0.334 e. The summed E-state index contributed by atoms with van der Waals surface area (Å²) in [7, 11) is 0. The molecule has 1 aliphatic carbocycles. The molecule has 0 radical (unpaired) electrons. The molecule has 0 atom stereocenters. The van der Waals surface area contributed by atoms with Crippen LogP contribution in [0.25, 0.3) is 0 Å². The van der Waals surface area contributed by atoms with Crippen LogP contribution in [0.2, 0.25) is 0 Å². The predicted molar refractivity (Wildman–Crippen MR) is 97.4 cm³/mol. The van der Waals surface area contributed by atoms with Crippen LogP contribution in [0.15, 0.2) is 36.4 Å². The van der Waals surface area contributed by atoms with Crippen molar-refractivity contribution >= 4 is 17.5 Å². The summed E-state index contributed by atoms with van der Waals surface area (Å²) < 4.78 is 0. The van der Waals surface area contributed by atoms with E-state index in [1.807, 2.05) is 35.2 Å². The minimum atomic E-state index is -0.0416. The average molecular weight is 334 g/mol. The van der Waals surface area contributed by atoms with E-state index in [1.165, 1.54) is 17.5 Å². The van der Waals surface area contributed by atoms with Gasteiger partial charge in [0, 0.05) is 31.3 Å². The van der Waals surface area contributed by atoms with E-state index >= 15 is 0 Å². The lowest BCUT2D eigenvalue weighted by Gasteiger charge is -2.19.